The lowest BCUT2D eigenvalue weighted by Crippen LogP contribution is -2.18. The quantitative estimate of drug-likeness (QED) is 0.751. The maximum Gasteiger partial charge on any atom is 0.153 e. The van der Waals surface area contributed by atoms with E-state index in [2.05, 4.69) is 6.92 Å². The number of rotatable bonds is 4. The van der Waals surface area contributed by atoms with Crippen LogP contribution in [0.15, 0.2) is 18.2 Å². The maximum atomic E-state index is 10.9. The van der Waals surface area contributed by atoms with Gasteiger partial charge in [0, 0.05) is 0 Å². The van der Waals surface area contributed by atoms with Gasteiger partial charge in [-0.2, -0.15) is 0 Å². The number of hydrogen-bond acceptors (Lipinski definition) is 3. The number of carbonyl (C=O) groups excluding carboxylic acids is 1. The summed E-state index contributed by atoms with van der Waals surface area (Å²) in [5.74, 6) is 0.686. The molecule has 1 aromatic carbocycles. The van der Waals surface area contributed by atoms with Crippen LogP contribution in [0, 0.1) is 6.92 Å². The van der Waals surface area contributed by atoms with Crippen LogP contribution < -0.4 is 4.74 Å². The molecule has 3 heteroatoms. The van der Waals surface area contributed by atoms with Gasteiger partial charge in [0.05, 0.1) is 17.8 Å². The molecule has 0 amide bonds. The monoisotopic (exact) mass is 234 g/mol. The van der Waals surface area contributed by atoms with E-state index in [1.54, 1.807) is 6.07 Å². The van der Waals surface area contributed by atoms with E-state index in [4.69, 9.17) is 9.47 Å². The van der Waals surface area contributed by atoms with Crippen molar-refractivity contribution in [3.8, 4) is 5.75 Å². The Balaban J connectivity index is 2.01. The van der Waals surface area contributed by atoms with Crippen LogP contribution in [0.5, 0.6) is 5.75 Å². The maximum absolute atomic E-state index is 10.9. The molecule has 0 spiro atoms. The minimum absolute atomic E-state index is 0.157. The van der Waals surface area contributed by atoms with Crippen molar-refractivity contribution in [2.45, 2.75) is 38.9 Å². The zero-order valence-electron chi connectivity index (χ0n) is 10.3. The molecule has 17 heavy (non-hydrogen) atoms. The van der Waals surface area contributed by atoms with Gasteiger partial charge in [-0.25, -0.2) is 0 Å². The molecule has 2 unspecified atom stereocenters. The molecule has 0 bridgehead atoms. The van der Waals surface area contributed by atoms with Crippen LogP contribution in [0.1, 0.15) is 35.7 Å². The molecular weight excluding hydrogens is 216 g/mol. The van der Waals surface area contributed by atoms with E-state index >= 15 is 0 Å². The second-order valence-electron chi connectivity index (χ2n) is 4.57. The number of ether oxygens (including phenoxy) is 2. The van der Waals surface area contributed by atoms with Gasteiger partial charge >= 0.3 is 0 Å². The highest BCUT2D eigenvalue weighted by atomic mass is 16.5. The summed E-state index contributed by atoms with van der Waals surface area (Å²) in [4.78, 5) is 10.9. The van der Waals surface area contributed by atoms with E-state index in [1.807, 2.05) is 19.1 Å². The van der Waals surface area contributed by atoms with Crippen LogP contribution in [0.4, 0.5) is 0 Å². The van der Waals surface area contributed by atoms with E-state index < -0.39 is 0 Å². The Morgan fingerprint density at radius 3 is 2.94 bits per heavy atom. The third-order valence-electron chi connectivity index (χ3n) is 3.10. The Bertz CT molecular complexity index is 400. The minimum Gasteiger partial charge on any atom is -0.490 e. The van der Waals surface area contributed by atoms with Crippen LogP contribution in [0.3, 0.4) is 0 Å². The summed E-state index contributed by atoms with van der Waals surface area (Å²) in [6.45, 7) is 4.54. The fourth-order valence-electron chi connectivity index (χ4n) is 2.15. The largest absolute Gasteiger partial charge is 0.490 e. The molecule has 1 aliphatic rings. The summed E-state index contributed by atoms with van der Waals surface area (Å²) < 4.78 is 11.4. The van der Waals surface area contributed by atoms with Gasteiger partial charge in [0.25, 0.3) is 0 Å². The van der Waals surface area contributed by atoms with E-state index in [1.165, 1.54) is 0 Å². The van der Waals surface area contributed by atoms with Gasteiger partial charge < -0.3 is 9.47 Å². The Labute approximate surface area is 102 Å². The molecule has 1 aliphatic heterocycles. The van der Waals surface area contributed by atoms with Crippen LogP contribution in [0.25, 0.3) is 0 Å². The topological polar surface area (TPSA) is 35.5 Å². The molecule has 0 aliphatic carbocycles. The third kappa shape index (κ3) is 2.86. The number of carbonyl (C=O) groups is 1. The zero-order valence-corrected chi connectivity index (χ0v) is 10.3. The molecule has 3 nitrogen and oxygen atoms in total. The van der Waals surface area contributed by atoms with Gasteiger partial charge in [-0.15, -0.1) is 0 Å². The molecule has 0 saturated carbocycles. The highest BCUT2D eigenvalue weighted by molar-refractivity contribution is 5.80. The van der Waals surface area contributed by atoms with E-state index in [0.29, 0.717) is 24.0 Å². The van der Waals surface area contributed by atoms with Crippen molar-refractivity contribution in [1.29, 1.82) is 0 Å². The number of aryl methyl sites for hydroxylation is 1. The predicted octanol–water partition coefficient (Wildman–Crippen LogP) is 2.75. The van der Waals surface area contributed by atoms with E-state index in [-0.39, 0.29) is 6.10 Å². The summed E-state index contributed by atoms with van der Waals surface area (Å²) in [7, 11) is 0. The normalized spacial score (nSPS) is 23.6. The van der Waals surface area contributed by atoms with Crippen molar-refractivity contribution in [2.75, 3.05) is 6.61 Å². The highest BCUT2D eigenvalue weighted by Gasteiger charge is 2.22. The average Bonchev–Trinajstić information content (AvgIpc) is 2.73. The number of para-hydroxylation sites is 1. The summed E-state index contributed by atoms with van der Waals surface area (Å²) in [5.41, 5.74) is 1.59. The smallest absolute Gasteiger partial charge is 0.153 e. The second kappa shape index (κ2) is 5.32. The molecule has 0 radical (unpaired) electrons. The summed E-state index contributed by atoms with van der Waals surface area (Å²) >= 11 is 0. The first kappa shape index (κ1) is 12.1. The number of benzene rings is 1. The molecule has 2 rings (SSSR count). The van der Waals surface area contributed by atoms with Crippen LogP contribution in [-0.2, 0) is 4.74 Å². The Morgan fingerprint density at radius 2 is 2.29 bits per heavy atom. The minimum atomic E-state index is 0.157. The van der Waals surface area contributed by atoms with Crippen LogP contribution >= 0.6 is 0 Å². The van der Waals surface area contributed by atoms with Crippen molar-refractivity contribution in [3.63, 3.8) is 0 Å². The van der Waals surface area contributed by atoms with Gasteiger partial charge in [0.1, 0.15) is 12.4 Å². The standard InChI is InChI=1S/C14H18O3/c1-10-4-3-5-12(8-15)14(10)16-9-13-7-6-11(2)17-13/h3-5,8,11,13H,6-7,9H2,1-2H3. The van der Waals surface area contributed by atoms with Crippen LogP contribution in [0.2, 0.25) is 0 Å². The fourth-order valence-corrected chi connectivity index (χ4v) is 2.15. The molecule has 1 fully saturated rings. The van der Waals surface area contributed by atoms with Crippen molar-refractivity contribution in [1.82, 2.24) is 0 Å². The number of hydrogen-bond donors (Lipinski definition) is 0. The zero-order chi connectivity index (χ0) is 12.3. The first-order valence-corrected chi connectivity index (χ1v) is 6.03. The van der Waals surface area contributed by atoms with Gasteiger partial charge in [-0.05, 0) is 38.3 Å². The van der Waals surface area contributed by atoms with Crippen molar-refractivity contribution >= 4 is 6.29 Å². The predicted molar refractivity (Wildman–Crippen MR) is 65.6 cm³/mol. The molecule has 1 heterocycles. The average molecular weight is 234 g/mol. The lowest BCUT2D eigenvalue weighted by atomic mass is 10.1. The van der Waals surface area contributed by atoms with Crippen molar-refractivity contribution < 1.29 is 14.3 Å². The van der Waals surface area contributed by atoms with Gasteiger partial charge in [-0.3, -0.25) is 4.79 Å². The lowest BCUT2D eigenvalue weighted by molar-refractivity contribution is 0.0261. The molecular formula is C14H18O3. The van der Waals surface area contributed by atoms with E-state index in [0.717, 1.165) is 24.7 Å². The first-order chi connectivity index (χ1) is 8.20. The van der Waals surface area contributed by atoms with E-state index in [9.17, 15) is 4.79 Å². The van der Waals surface area contributed by atoms with Gasteiger partial charge in [0.15, 0.2) is 6.29 Å². The van der Waals surface area contributed by atoms with Gasteiger partial charge in [-0.1, -0.05) is 12.1 Å². The van der Waals surface area contributed by atoms with Gasteiger partial charge in [0.2, 0.25) is 0 Å². The number of aldehydes is 1. The molecule has 0 N–H and O–H groups in total. The third-order valence-corrected chi connectivity index (χ3v) is 3.10. The lowest BCUT2D eigenvalue weighted by Gasteiger charge is -2.15. The SMILES string of the molecule is Cc1cccc(C=O)c1OCC1CCC(C)O1. The molecule has 92 valence electrons. The fraction of sp³-hybridized carbons (Fsp3) is 0.500. The summed E-state index contributed by atoms with van der Waals surface area (Å²) in [6.07, 6.45) is 3.43. The Hall–Kier alpha value is -1.35. The molecule has 1 saturated heterocycles. The molecule has 2 atom stereocenters. The Morgan fingerprint density at radius 1 is 1.47 bits per heavy atom. The van der Waals surface area contributed by atoms with Crippen molar-refractivity contribution in [2.24, 2.45) is 0 Å². The summed E-state index contributed by atoms with van der Waals surface area (Å²) in [6, 6.07) is 5.58. The molecule has 0 aromatic heterocycles. The highest BCUT2D eigenvalue weighted by Crippen LogP contribution is 2.24. The molecule has 1 aromatic rings. The Kier molecular flexibility index (Phi) is 3.79. The second-order valence-corrected chi connectivity index (χ2v) is 4.57. The summed E-state index contributed by atoms with van der Waals surface area (Å²) in [5, 5.41) is 0. The first-order valence-electron chi connectivity index (χ1n) is 6.03. The van der Waals surface area contributed by atoms with Crippen molar-refractivity contribution in [3.05, 3.63) is 29.3 Å². The van der Waals surface area contributed by atoms with Crippen LogP contribution in [-0.4, -0.2) is 25.1 Å².